The quantitative estimate of drug-likeness (QED) is 0.600. The summed E-state index contributed by atoms with van der Waals surface area (Å²) in [6, 6.07) is 8.67. The van der Waals surface area contributed by atoms with Crippen molar-refractivity contribution in [1.82, 2.24) is 0 Å². The van der Waals surface area contributed by atoms with Gasteiger partial charge in [-0.2, -0.15) is 0 Å². The third-order valence-corrected chi connectivity index (χ3v) is 3.50. The molecule has 2 heteroatoms. The van der Waals surface area contributed by atoms with Gasteiger partial charge in [-0.15, -0.1) is 6.58 Å². The van der Waals surface area contributed by atoms with Crippen LogP contribution in [0, 0.1) is 0 Å². The number of benzene rings is 1. The lowest BCUT2D eigenvalue weighted by Gasteiger charge is -2.24. The van der Waals surface area contributed by atoms with Crippen molar-refractivity contribution < 1.29 is 0 Å². The molecule has 1 aliphatic rings. The molecular formula is C16H24N2. The lowest BCUT2D eigenvalue weighted by atomic mass is 10.1. The molecule has 0 amide bonds. The van der Waals surface area contributed by atoms with E-state index in [4.69, 9.17) is 0 Å². The topological polar surface area (TPSA) is 15.3 Å². The van der Waals surface area contributed by atoms with E-state index in [2.05, 4.69) is 41.1 Å². The van der Waals surface area contributed by atoms with Crippen LogP contribution in [0.15, 0.2) is 36.9 Å². The van der Waals surface area contributed by atoms with Crippen molar-refractivity contribution >= 4 is 11.4 Å². The highest BCUT2D eigenvalue weighted by atomic mass is 15.2. The minimum absolute atomic E-state index is 1.09. The Kier molecular flexibility index (Phi) is 5.13. The molecule has 0 atom stereocenters. The van der Waals surface area contributed by atoms with Crippen molar-refractivity contribution in [3.63, 3.8) is 0 Å². The van der Waals surface area contributed by atoms with Crippen LogP contribution < -0.4 is 10.2 Å². The fourth-order valence-corrected chi connectivity index (χ4v) is 2.51. The Balaban J connectivity index is 1.89. The monoisotopic (exact) mass is 244 g/mol. The number of para-hydroxylation sites is 2. The van der Waals surface area contributed by atoms with E-state index in [1.54, 1.807) is 0 Å². The first-order chi connectivity index (χ1) is 8.92. The summed E-state index contributed by atoms with van der Waals surface area (Å²) in [6.45, 7) is 7.21. The normalized spacial score (nSPS) is 14.6. The van der Waals surface area contributed by atoms with Crippen LogP contribution in [0.5, 0.6) is 0 Å². The number of nitrogens with one attached hydrogen (secondary N) is 1. The Morgan fingerprint density at radius 2 is 2.11 bits per heavy atom. The number of allylic oxidation sites excluding steroid dienone is 1. The van der Waals surface area contributed by atoms with Crippen LogP contribution in [0.3, 0.4) is 0 Å². The second kappa shape index (κ2) is 7.10. The van der Waals surface area contributed by atoms with Crippen molar-refractivity contribution in [1.29, 1.82) is 0 Å². The number of fused-ring (bicyclic) bond motifs is 1. The molecule has 1 aromatic rings. The highest BCUT2D eigenvalue weighted by molar-refractivity contribution is 5.70. The van der Waals surface area contributed by atoms with E-state index in [1.807, 2.05) is 6.08 Å². The SMILES string of the molecule is C=CCCCCCN1CCCNc2ccccc21. The van der Waals surface area contributed by atoms with Gasteiger partial charge in [0.25, 0.3) is 0 Å². The van der Waals surface area contributed by atoms with E-state index in [-0.39, 0.29) is 0 Å². The first-order valence-electron chi connectivity index (χ1n) is 7.10. The van der Waals surface area contributed by atoms with E-state index in [1.165, 1.54) is 50.1 Å². The zero-order chi connectivity index (χ0) is 12.6. The van der Waals surface area contributed by atoms with Gasteiger partial charge in [-0.1, -0.05) is 24.6 Å². The standard InChI is InChI=1S/C16H24N2/c1-2-3-4-5-8-13-18-14-9-12-17-15-10-6-7-11-16(15)18/h2,6-7,10-11,17H,1,3-5,8-9,12-14H2. The summed E-state index contributed by atoms with van der Waals surface area (Å²) in [5.74, 6) is 0. The van der Waals surface area contributed by atoms with E-state index in [9.17, 15) is 0 Å². The molecule has 0 fully saturated rings. The van der Waals surface area contributed by atoms with E-state index in [0.29, 0.717) is 0 Å². The molecule has 0 radical (unpaired) electrons. The van der Waals surface area contributed by atoms with Crippen LogP contribution in [-0.4, -0.2) is 19.6 Å². The summed E-state index contributed by atoms with van der Waals surface area (Å²) in [4.78, 5) is 2.53. The fraction of sp³-hybridized carbons (Fsp3) is 0.500. The summed E-state index contributed by atoms with van der Waals surface area (Å²) in [7, 11) is 0. The molecule has 98 valence electrons. The smallest absolute Gasteiger partial charge is 0.0602 e. The predicted molar refractivity (Wildman–Crippen MR) is 80.4 cm³/mol. The molecular weight excluding hydrogens is 220 g/mol. The van der Waals surface area contributed by atoms with Crippen LogP contribution in [0.4, 0.5) is 11.4 Å². The number of anilines is 2. The molecule has 2 rings (SSSR count). The van der Waals surface area contributed by atoms with Crippen LogP contribution in [0.25, 0.3) is 0 Å². The third kappa shape index (κ3) is 3.52. The summed E-state index contributed by atoms with van der Waals surface area (Å²) in [5.41, 5.74) is 2.67. The average molecular weight is 244 g/mol. The van der Waals surface area contributed by atoms with Gasteiger partial charge in [0.2, 0.25) is 0 Å². The van der Waals surface area contributed by atoms with Crippen LogP contribution in [0.1, 0.15) is 32.1 Å². The molecule has 0 aromatic heterocycles. The summed E-state index contributed by atoms with van der Waals surface area (Å²) in [6.07, 6.45) is 8.25. The number of hydrogen-bond donors (Lipinski definition) is 1. The Bertz CT molecular complexity index is 373. The summed E-state index contributed by atoms with van der Waals surface area (Å²) in [5, 5.41) is 3.51. The maximum absolute atomic E-state index is 3.77. The van der Waals surface area contributed by atoms with Gasteiger partial charge in [-0.25, -0.2) is 0 Å². The molecule has 0 unspecified atom stereocenters. The third-order valence-electron chi connectivity index (χ3n) is 3.50. The van der Waals surface area contributed by atoms with Crippen molar-refractivity contribution in [3.8, 4) is 0 Å². The second-order valence-corrected chi connectivity index (χ2v) is 4.92. The average Bonchev–Trinajstić information content (AvgIpc) is 2.61. The number of hydrogen-bond acceptors (Lipinski definition) is 2. The number of rotatable bonds is 6. The van der Waals surface area contributed by atoms with Gasteiger partial charge < -0.3 is 10.2 Å². The lowest BCUT2D eigenvalue weighted by Crippen LogP contribution is -2.25. The molecule has 0 aliphatic carbocycles. The zero-order valence-electron chi connectivity index (χ0n) is 11.2. The first kappa shape index (κ1) is 13.0. The fourth-order valence-electron chi connectivity index (χ4n) is 2.51. The molecule has 1 aliphatic heterocycles. The molecule has 1 aromatic carbocycles. The maximum Gasteiger partial charge on any atom is 0.0602 e. The van der Waals surface area contributed by atoms with Gasteiger partial charge in [0.05, 0.1) is 11.4 Å². The molecule has 1 N–H and O–H groups in total. The Labute approximate surface area is 111 Å². The zero-order valence-corrected chi connectivity index (χ0v) is 11.2. The Morgan fingerprint density at radius 3 is 3.00 bits per heavy atom. The van der Waals surface area contributed by atoms with E-state index < -0.39 is 0 Å². The van der Waals surface area contributed by atoms with Gasteiger partial charge >= 0.3 is 0 Å². The molecule has 2 nitrogen and oxygen atoms in total. The van der Waals surface area contributed by atoms with Gasteiger partial charge in [0.1, 0.15) is 0 Å². The first-order valence-corrected chi connectivity index (χ1v) is 7.10. The predicted octanol–water partition coefficient (Wildman–Crippen LogP) is 4.06. The van der Waals surface area contributed by atoms with E-state index >= 15 is 0 Å². The Morgan fingerprint density at radius 1 is 1.22 bits per heavy atom. The van der Waals surface area contributed by atoms with Crippen LogP contribution in [0.2, 0.25) is 0 Å². The molecule has 0 saturated carbocycles. The van der Waals surface area contributed by atoms with Crippen molar-refractivity contribution in [2.24, 2.45) is 0 Å². The minimum Gasteiger partial charge on any atom is -0.383 e. The van der Waals surface area contributed by atoms with Gasteiger partial charge in [0, 0.05) is 19.6 Å². The van der Waals surface area contributed by atoms with Gasteiger partial charge in [-0.3, -0.25) is 0 Å². The molecule has 0 bridgehead atoms. The maximum atomic E-state index is 3.77. The number of unbranched alkanes of at least 4 members (excludes halogenated alkanes) is 3. The van der Waals surface area contributed by atoms with Crippen LogP contribution in [-0.2, 0) is 0 Å². The lowest BCUT2D eigenvalue weighted by molar-refractivity contribution is 0.652. The largest absolute Gasteiger partial charge is 0.383 e. The highest BCUT2D eigenvalue weighted by Crippen LogP contribution is 2.28. The summed E-state index contributed by atoms with van der Waals surface area (Å²) >= 11 is 0. The van der Waals surface area contributed by atoms with Crippen LogP contribution >= 0.6 is 0 Å². The Hall–Kier alpha value is -1.44. The van der Waals surface area contributed by atoms with E-state index in [0.717, 1.165) is 13.0 Å². The van der Waals surface area contributed by atoms with Gasteiger partial charge in [0.15, 0.2) is 0 Å². The van der Waals surface area contributed by atoms with Crippen molar-refractivity contribution in [2.45, 2.75) is 32.1 Å². The van der Waals surface area contributed by atoms with Crippen molar-refractivity contribution in [3.05, 3.63) is 36.9 Å². The molecule has 1 heterocycles. The minimum atomic E-state index is 1.09. The summed E-state index contributed by atoms with van der Waals surface area (Å²) < 4.78 is 0. The molecule has 0 saturated heterocycles. The van der Waals surface area contributed by atoms with Gasteiger partial charge in [-0.05, 0) is 37.8 Å². The highest BCUT2D eigenvalue weighted by Gasteiger charge is 2.13. The molecule has 0 spiro atoms. The number of nitrogens with zero attached hydrogens (tertiary/aromatic N) is 1. The van der Waals surface area contributed by atoms with Crippen molar-refractivity contribution in [2.75, 3.05) is 29.9 Å². The second-order valence-electron chi connectivity index (χ2n) is 4.92. The molecule has 18 heavy (non-hydrogen) atoms.